The van der Waals surface area contributed by atoms with E-state index in [1.54, 1.807) is 6.20 Å². The molecule has 1 heterocycles. The van der Waals surface area contributed by atoms with Crippen molar-refractivity contribution in [3.8, 4) is 0 Å². The number of aryl methyl sites for hydroxylation is 1. The highest BCUT2D eigenvalue weighted by atomic mass is 32.2. The Morgan fingerprint density at radius 2 is 2.14 bits per heavy atom. The molecule has 0 aliphatic carbocycles. The van der Waals surface area contributed by atoms with Crippen LogP contribution < -0.4 is 10.2 Å². The second-order valence-corrected chi connectivity index (χ2v) is 6.01. The first-order valence-electron chi connectivity index (χ1n) is 7.30. The molecule has 22 heavy (non-hydrogen) atoms. The molecule has 5 nitrogen and oxygen atoms in total. The molecule has 0 saturated heterocycles. The van der Waals surface area contributed by atoms with E-state index in [4.69, 9.17) is 0 Å². The van der Waals surface area contributed by atoms with Crippen LogP contribution in [0.2, 0.25) is 0 Å². The van der Waals surface area contributed by atoms with Gasteiger partial charge in [0, 0.05) is 45.3 Å². The summed E-state index contributed by atoms with van der Waals surface area (Å²) in [5.41, 5.74) is 1.19. The molecule has 0 aliphatic heterocycles. The zero-order valence-corrected chi connectivity index (χ0v) is 13.8. The highest BCUT2D eigenvalue weighted by molar-refractivity contribution is 7.99. The van der Waals surface area contributed by atoms with E-state index in [-0.39, 0.29) is 5.91 Å². The first kappa shape index (κ1) is 16.4. The van der Waals surface area contributed by atoms with Gasteiger partial charge in [-0.3, -0.25) is 4.79 Å². The molecule has 0 atom stereocenters. The van der Waals surface area contributed by atoms with Crippen LogP contribution in [-0.2, 0) is 11.8 Å². The molecule has 0 radical (unpaired) electrons. The van der Waals surface area contributed by atoms with Crippen LogP contribution in [0.15, 0.2) is 47.9 Å². The third kappa shape index (κ3) is 5.11. The third-order valence-corrected chi connectivity index (χ3v) is 4.36. The average Bonchev–Trinajstić information content (AvgIpc) is 2.95. The molecule has 0 spiro atoms. The number of hydrogen-bond acceptors (Lipinski definition) is 4. The minimum atomic E-state index is 0.0513. The molecule has 2 aromatic rings. The molecule has 1 N–H and O–H groups in total. The molecule has 0 saturated carbocycles. The lowest BCUT2D eigenvalue weighted by atomic mass is 10.3. The summed E-state index contributed by atoms with van der Waals surface area (Å²) in [6, 6.07) is 10.2. The van der Waals surface area contributed by atoms with Gasteiger partial charge in [0.25, 0.3) is 0 Å². The zero-order chi connectivity index (χ0) is 15.8. The standard InChI is InChI=1S/C16H22N4OS/c1-19(14-7-4-3-5-8-14)11-6-9-17-15(21)13-22-16-18-10-12-20(16)2/h3-5,7-8,10,12H,6,9,11,13H2,1-2H3,(H,17,21). The van der Waals surface area contributed by atoms with E-state index in [2.05, 4.69) is 34.4 Å². The molecule has 1 amide bonds. The fraction of sp³-hybridized carbons (Fsp3) is 0.375. The smallest absolute Gasteiger partial charge is 0.230 e. The van der Waals surface area contributed by atoms with Crippen LogP contribution in [0.1, 0.15) is 6.42 Å². The van der Waals surface area contributed by atoms with E-state index in [1.165, 1.54) is 17.4 Å². The largest absolute Gasteiger partial charge is 0.375 e. The summed E-state index contributed by atoms with van der Waals surface area (Å²) in [4.78, 5) is 18.2. The highest BCUT2D eigenvalue weighted by Crippen LogP contribution is 2.13. The van der Waals surface area contributed by atoms with Crippen LogP contribution in [0.4, 0.5) is 5.69 Å². The van der Waals surface area contributed by atoms with Gasteiger partial charge in [0.05, 0.1) is 5.75 Å². The maximum absolute atomic E-state index is 11.8. The van der Waals surface area contributed by atoms with Gasteiger partial charge in [-0.15, -0.1) is 0 Å². The van der Waals surface area contributed by atoms with Gasteiger partial charge in [-0.05, 0) is 18.6 Å². The molecular formula is C16H22N4OS. The van der Waals surface area contributed by atoms with Crippen LogP contribution in [0.5, 0.6) is 0 Å². The number of anilines is 1. The van der Waals surface area contributed by atoms with Gasteiger partial charge >= 0.3 is 0 Å². The van der Waals surface area contributed by atoms with Crippen LogP contribution in [-0.4, -0.2) is 41.3 Å². The number of aromatic nitrogens is 2. The van der Waals surface area contributed by atoms with Gasteiger partial charge in [-0.25, -0.2) is 4.98 Å². The maximum atomic E-state index is 11.8. The number of carbonyl (C=O) groups is 1. The van der Waals surface area contributed by atoms with Crippen molar-refractivity contribution in [1.82, 2.24) is 14.9 Å². The summed E-state index contributed by atoms with van der Waals surface area (Å²) in [7, 11) is 3.99. The first-order chi connectivity index (χ1) is 10.7. The molecule has 1 aromatic heterocycles. The molecule has 0 aliphatic rings. The lowest BCUT2D eigenvalue weighted by Gasteiger charge is -2.19. The van der Waals surface area contributed by atoms with Crippen molar-refractivity contribution >= 4 is 23.4 Å². The molecule has 0 bridgehead atoms. The molecule has 0 fully saturated rings. The number of hydrogen-bond donors (Lipinski definition) is 1. The summed E-state index contributed by atoms with van der Waals surface area (Å²) >= 11 is 1.45. The van der Waals surface area contributed by atoms with Crippen LogP contribution >= 0.6 is 11.8 Å². The Hall–Kier alpha value is -1.95. The minimum absolute atomic E-state index is 0.0513. The zero-order valence-electron chi connectivity index (χ0n) is 13.0. The van der Waals surface area contributed by atoms with E-state index in [9.17, 15) is 4.79 Å². The molecule has 1 aromatic carbocycles. The number of benzene rings is 1. The van der Waals surface area contributed by atoms with Gasteiger partial charge in [-0.1, -0.05) is 30.0 Å². The van der Waals surface area contributed by atoms with Crippen molar-refractivity contribution in [2.75, 3.05) is 30.8 Å². The van der Waals surface area contributed by atoms with Crippen molar-refractivity contribution in [3.05, 3.63) is 42.7 Å². The topological polar surface area (TPSA) is 50.2 Å². The van der Waals surface area contributed by atoms with Gasteiger partial charge in [0.15, 0.2) is 5.16 Å². The Kier molecular flexibility index (Phi) is 6.33. The average molecular weight is 318 g/mol. The van der Waals surface area contributed by atoms with Crippen molar-refractivity contribution in [2.24, 2.45) is 7.05 Å². The fourth-order valence-corrected chi connectivity index (χ4v) is 2.79. The second-order valence-electron chi connectivity index (χ2n) is 5.07. The quantitative estimate of drug-likeness (QED) is 0.598. The Morgan fingerprint density at radius 3 is 2.82 bits per heavy atom. The second kappa shape index (κ2) is 8.48. The Morgan fingerprint density at radius 1 is 1.36 bits per heavy atom. The van der Waals surface area contributed by atoms with Gasteiger partial charge < -0.3 is 14.8 Å². The predicted molar refractivity (Wildman–Crippen MR) is 91.3 cm³/mol. The fourth-order valence-electron chi connectivity index (χ4n) is 2.03. The van der Waals surface area contributed by atoms with Crippen molar-refractivity contribution in [3.63, 3.8) is 0 Å². The predicted octanol–water partition coefficient (Wildman–Crippen LogP) is 2.15. The summed E-state index contributed by atoms with van der Waals surface area (Å²) in [6.07, 6.45) is 4.53. The number of rotatable bonds is 8. The Balaban J connectivity index is 1.60. The van der Waals surface area contributed by atoms with Gasteiger partial charge in [0.1, 0.15) is 0 Å². The SMILES string of the molecule is CN(CCCNC(=O)CSc1nccn1C)c1ccccc1. The number of imidazole rings is 1. The summed E-state index contributed by atoms with van der Waals surface area (Å²) < 4.78 is 1.91. The number of carbonyl (C=O) groups excluding carboxylic acids is 1. The summed E-state index contributed by atoms with van der Waals surface area (Å²) in [5.74, 6) is 0.453. The first-order valence-corrected chi connectivity index (χ1v) is 8.28. The van der Waals surface area contributed by atoms with Crippen molar-refractivity contribution < 1.29 is 4.79 Å². The lowest BCUT2D eigenvalue weighted by molar-refractivity contribution is -0.118. The third-order valence-electron chi connectivity index (χ3n) is 3.30. The summed E-state index contributed by atoms with van der Waals surface area (Å²) in [5, 5.41) is 3.81. The minimum Gasteiger partial charge on any atom is -0.375 e. The molecule has 118 valence electrons. The van der Waals surface area contributed by atoms with Crippen LogP contribution in [0.3, 0.4) is 0 Å². The molecule has 0 unspecified atom stereocenters. The van der Waals surface area contributed by atoms with E-state index < -0.39 is 0 Å². The van der Waals surface area contributed by atoms with Crippen LogP contribution in [0, 0.1) is 0 Å². The number of amides is 1. The number of thioether (sulfide) groups is 1. The molecule has 6 heteroatoms. The highest BCUT2D eigenvalue weighted by Gasteiger charge is 2.06. The van der Waals surface area contributed by atoms with E-state index >= 15 is 0 Å². The maximum Gasteiger partial charge on any atom is 0.230 e. The van der Waals surface area contributed by atoms with Crippen molar-refractivity contribution in [2.45, 2.75) is 11.6 Å². The monoisotopic (exact) mass is 318 g/mol. The van der Waals surface area contributed by atoms with Gasteiger partial charge in [0.2, 0.25) is 5.91 Å². The van der Waals surface area contributed by atoms with E-state index in [0.717, 1.165) is 18.1 Å². The van der Waals surface area contributed by atoms with Crippen LogP contribution in [0.25, 0.3) is 0 Å². The van der Waals surface area contributed by atoms with Gasteiger partial charge in [-0.2, -0.15) is 0 Å². The molecular weight excluding hydrogens is 296 g/mol. The molecule has 2 rings (SSSR count). The normalized spacial score (nSPS) is 10.5. The number of nitrogens with one attached hydrogen (secondary N) is 1. The van der Waals surface area contributed by atoms with Crippen molar-refractivity contribution in [1.29, 1.82) is 0 Å². The lowest BCUT2D eigenvalue weighted by Crippen LogP contribution is -2.29. The Labute approximate surface area is 135 Å². The Bertz CT molecular complexity index is 585. The number of nitrogens with zero attached hydrogens (tertiary/aromatic N) is 3. The van der Waals surface area contributed by atoms with E-state index in [0.29, 0.717) is 12.3 Å². The number of para-hydroxylation sites is 1. The summed E-state index contributed by atoms with van der Waals surface area (Å²) in [6.45, 7) is 1.61. The van der Waals surface area contributed by atoms with E-state index in [1.807, 2.05) is 36.0 Å².